The molecule has 1 heterocycles. The number of aryl methyl sites for hydroxylation is 2. The lowest BCUT2D eigenvalue weighted by Crippen LogP contribution is -2.40. The van der Waals surface area contributed by atoms with Gasteiger partial charge in [-0.15, -0.1) is 0 Å². The van der Waals surface area contributed by atoms with E-state index in [4.69, 9.17) is 0 Å². The molecule has 0 unspecified atom stereocenters. The molecular weight excluding hydrogens is 216 g/mol. The quantitative estimate of drug-likeness (QED) is 0.866. The van der Waals surface area contributed by atoms with Gasteiger partial charge in [-0.25, -0.2) is 0 Å². The maximum atomic E-state index is 12.1. The van der Waals surface area contributed by atoms with Crippen LogP contribution in [0.25, 0.3) is 0 Å². The van der Waals surface area contributed by atoms with E-state index >= 15 is 0 Å². The molecule has 1 amide bonds. The van der Waals surface area contributed by atoms with Gasteiger partial charge in [-0.2, -0.15) is 0 Å². The highest BCUT2D eigenvalue weighted by Crippen LogP contribution is 2.11. The van der Waals surface area contributed by atoms with Gasteiger partial charge in [0.1, 0.15) is 0 Å². The van der Waals surface area contributed by atoms with Crippen LogP contribution in [0.2, 0.25) is 0 Å². The van der Waals surface area contributed by atoms with Crippen molar-refractivity contribution in [2.24, 2.45) is 0 Å². The van der Waals surface area contributed by atoms with Gasteiger partial charge in [0, 0.05) is 19.3 Å². The summed E-state index contributed by atoms with van der Waals surface area (Å²) in [5.41, 5.74) is 1.31. The van der Waals surface area contributed by atoms with Crippen molar-refractivity contribution in [2.45, 2.75) is 33.3 Å². The summed E-state index contributed by atoms with van der Waals surface area (Å²) in [6.07, 6.45) is 0. The Balaban J connectivity index is 2.89. The second-order valence-electron chi connectivity index (χ2n) is 5.06. The van der Waals surface area contributed by atoms with Gasteiger partial charge in [0.15, 0.2) is 0 Å². The number of likely N-dealkylation sites (N-methyl/N-ethyl adjacent to an activating group) is 1. The number of aromatic nitrogens is 1. The molecule has 4 nitrogen and oxygen atoms in total. The number of nitrogens with zero attached hydrogens (tertiary/aromatic N) is 2. The van der Waals surface area contributed by atoms with Gasteiger partial charge in [-0.05, 0) is 39.8 Å². The maximum Gasteiger partial charge on any atom is 0.255 e. The Morgan fingerprint density at radius 2 is 2.00 bits per heavy atom. The normalized spacial score (nSPS) is 11.4. The van der Waals surface area contributed by atoms with Crippen molar-refractivity contribution in [3.8, 4) is 0 Å². The van der Waals surface area contributed by atoms with Crippen LogP contribution < -0.4 is 0 Å². The summed E-state index contributed by atoms with van der Waals surface area (Å²) in [6.45, 7) is 7.35. The second-order valence-corrected chi connectivity index (χ2v) is 5.06. The highest BCUT2D eigenvalue weighted by atomic mass is 16.3. The molecule has 17 heavy (non-hydrogen) atoms. The summed E-state index contributed by atoms with van der Waals surface area (Å²) in [7, 11) is 1.68. The Hall–Kier alpha value is -1.42. The van der Waals surface area contributed by atoms with E-state index in [2.05, 4.69) is 4.98 Å². The standard InChI is InChI=1S/C13H20N2O2/c1-9-6-7-11(10(2)14-9)12(16)15(5)8-13(3,4)17/h6-7,17H,8H2,1-5H3. The number of aliphatic hydroxyl groups is 1. The highest BCUT2D eigenvalue weighted by Gasteiger charge is 2.21. The molecule has 0 aromatic carbocycles. The number of hydrogen-bond donors (Lipinski definition) is 1. The van der Waals surface area contributed by atoms with E-state index < -0.39 is 5.60 Å². The van der Waals surface area contributed by atoms with E-state index in [1.165, 1.54) is 4.90 Å². The zero-order valence-electron chi connectivity index (χ0n) is 11.1. The first kappa shape index (κ1) is 13.6. The van der Waals surface area contributed by atoms with E-state index in [0.717, 1.165) is 11.4 Å². The first-order valence-corrected chi connectivity index (χ1v) is 5.63. The van der Waals surface area contributed by atoms with Crippen molar-refractivity contribution in [2.75, 3.05) is 13.6 Å². The highest BCUT2D eigenvalue weighted by molar-refractivity contribution is 5.95. The predicted octanol–water partition coefficient (Wildman–Crippen LogP) is 1.54. The molecule has 0 aliphatic heterocycles. The number of hydrogen-bond acceptors (Lipinski definition) is 3. The lowest BCUT2D eigenvalue weighted by molar-refractivity contribution is 0.0367. The molecule has 0 bridgehead atoms. The third-order valence-electron chi connectivity index (χ3n) is 2.43. The Morgan fingerprint density at radius 3 is 2.47 bits per heavy atom. The third kappa shape index (κ3) is 3.82. The van der Waals surface area contributed by atoms with Crippen LogP contribution in [-0.2, 0) is 0 Å². The lowest BCUT2D eigenvalue weighted by atomic mass is 10.1. The van der Waals surface area contributed by atoms with Crippen LogP contribution in [0.3, 0.4) is 0 Å². The van der Waals surface area contributed by atoms with Gasteiger partial charge in [-0.1, -0.05) is 0 Å². The van der Waals surface area contributed by atoms with Crippen molar-refractivity contribution in [1.29, 1.82) is 0 Å². The van der Waals surface area contributed by atoms with E-state index in [1.807, 2.05) is 19.9 Å². The summed E-state index contributed by atoms with van der Waals surface area (Å²) in [5, 5.41) is 9.69. The summed E-state index contributed by atoms with van der Waals surface area (Å²) in [5.74, 6) is -0.114. The molecule has 0 spiro atoms. The summed E-state index contributed by atoms with van der Waals surface area (Å²) in [6, 6.07) is 3.60. The molecule has 0 saturated carbocycles. The third-order valence-corrected chi connectivity index (χ3v) is 2.43. The Morgan fingerprint density at radius 1 is 1.41 bits per heavy atom. The van der Waals surface area contributed by atoms with Crippen LogP contribution >= 0.6 is 0 Å². The van der Waals surface area contributed by atoms with Gasteiger partial charge in [0.25, 0.3) is 5.91 Å². The van der Waals surface area contributed by atoms with Crippen LogP contribution in [-0.4, -0.2) is 40.1 Å². The fraction of sp³-hybridized carbons (Fsp3) is 0.538. The SMILES string of the molecule is Cc1ccc(C(=O)N(C)CC(C)(C)O)c(C)n1. The van der Waals surface area contributed by atoms with E-state index in [9.17, 15) is 9.90 Å². The number of amides is 1. The average Bonchev–Trinajstić information content (AvgIpc) is 2.14. The van der Waals surface area contributed by atoms with Crippen LogP contribution in [0.15, 0.2) is 12.1 Å². The van der Waals surface area contributed by atoms with Gasteiger partial charge in [0.2, 0.25) is 0 Å². The van der Waals surface area contributed by atoms with Crippen LogP contribution in [0, 0.1) is 13.8 Å². The van der Waals surface area contributed by atoms with Crippen LogP contribution in [0.1, 0.15) is 35.6 Å². The Labute approximate surface area is 102 Å². The molecule has 0 fully saturated rings. The Bertz CT molecular complexity index is 422. The van der Waals surface area contributed by atoms with E-state index in [1.54, 1.807) is 27.0 Å². The smallest absolute Gasteiger partial charge is 0.255 e. The number of rotatable bonds is 3. The number of pyridine rings is 1. The molecule has 0 saturated heterocycles. The van der Waals surface area contributed by atoms with Crippen LogP contribution in [0.4, 0.5) is 0 Å². The van der Waals surface area contributed by atoms with E-state index in [0.29, 0.717) is 12.1 Å². The molecule has 0 aliphatic carbocycles. The molecular formula is C13H20N2O2. The van der Waals surface area contributed by atoms with E-state index in [-0.39, 0.29) is 5.91 Å². The zero-order chi connectivity index (χ0) is 13.2. The first-order valence-electron chi connectivity index (χ1n) is 5.63. The largest absolute Gasteiger partial charge is 0.389 e. The first-order chi connectivity index (χ1) is 7.70. The Kier molecular flexibility index (Phi) is 3.88. The van der Waals surface area contributed by atoms with Crippen molar-refractivity contribution < 1.29 is 9.90 Å². The average molecular weight is 236 g/mol. The molecule has 94 valence electrons. The van der Waals surface area contributed by atoms with Crippen molar-refractivity contribution in [3.63, 3.8) is 0 Å². The molecule has 1 aromatic heterocycles. The molecule has 0 radical (unpaired) electrons. The van der Waals surface area contributed by atoms with Gasteiger partial charge >= 0.3 is 0 Å². The van der Waals surface area contributed by atoms with Crippen molar-refractivity contribution in [3.05, 3.63) is 29.1 Å². The number of carbonyl (C=O) groups excluding carboxylic acids is 1. The molecule has 4 heteroatoms. The fourth-order valence-electron chi connectivity index (χ4n) is 1.77. The van der Waals surface area contributed by atoms with Crippen molar-refractivity contribution in [1.82, 2.24) is 9.88 Å². The fourth-order valence-corrected chi connectivity index (χ4v) is 1.77. The predicted molar refractivity (Wildman–Crippen MR) is 67.0 cm³/mol. The topological polar surface area (TPSA) is 53.4 Å². The minimum atomic E-state index is -0.892. The van der Waals surface area contributed by atoms with Crippen LogP contribution in [0.5, 0.6) is 0 Å². The number of carbonyl (C=O) groups is 1. The minimum absolute atomic E-state index is 0.114. The summed E-state index contributed by atoms with van der Waals surface area (Å²) in [4.78, 5) is 17.9. The van der Waals surface area contributed by atoms with Gasteiger partial charge in [0.05, 0.1) is 16.9 Å². The molecule has 0 aliphatic rings. The molecule has 0 atom stereocenters. The lowest BCUT2D eigenvalue weighted by Gasteiger charge is -2.26. The van der Waals surface area contributed by atoms with Gasteiger partial charge < -0.3 is 10.0 Å². The van der Waals surface area contributed by atoms with Gasteiger partial charge in [-0.3, -0.25) is 9.78 Å². The molecule has 1 rings (SSSR count). The minimum Gasteiger partial charge on any atom is -0.389 e. The molecule has 1 N–H and O–H groups in total. The molecule has 1 aromatic rings. The second kappa shape index (κ2) is 4.84. The maximum absolute atomic E-state index is 12.1. The summed E-state index contributed by atoms with van der Waals surface area (Å²) < 4.78 is 0. The van der Waals surface area contributed by atoms with Crippen molar-refractivity contribution >= 4 is 5.91 Å². The zero-order valence-corrected chi connectivity index (χ0v) is 11.1. The monoisotopic (exact) mass is 236 g/mol. The summed E-state index contributed by atoms with van der Waals surface area (Å²) >= 11 is 0.